The second kappa shape index (κ2) is 7.94. The molecular weight excluding hydrogens is 244 g/mol. The Hall–Kier alpha value is -1.50. The molecule has 108 valence electrons. The van der Waals surface area contributed by atoms with Crippen molar-refractivity contribution in [1.29, 1.82) is 0 Å². The van der Waals surface area contributed by atoms with Crippen molar-refractivity contribution in [2.24, 2.45) is 0 Å². The van der Waals surface area contributed by atoms with E-state index in [-0.39, 0.29) is 0 Å². The van der Waals surface area contributed by atoms with Crippen LogP contribution in [0.4, 0.5) is 0 Å². The Balaban J connectivity index is 2.22. The fourth-order valence-electron chi connectivity index (χ4n) is 2.57. The van der Waals surface area contributed by atoms with E-state index in [4.69, 9.17) is 4.74 Å². The molecule has 0 fully saturated rings. The van der Waals surface area contributed by atoms with E-state index in [9.17, 15) is 0 Å². The number of rotatable bonds is 8. The van der Waals surface area contributed by atoms with Gasteiger partial charge in [0.15, 0.2) is 0 Å². The molecule has 0 aliphatic rings. The predicted octanol–water partition coefficient (Wildman–Crippen LogP) is 5.75. The van der Waals surface area contributed by atoms with Crippen LogP contribution in [0.2, 0.25) is 0 Å². The average Bonchev–Trinajstić information content (AvgIpc) is 2.49. The Labute approximate surface area is 123 Å². The number of aryl methyl sites for hydroxylation is 1. The number of hydrogen-bond donors (Lipinski definition) is 0. The van der Waals surface area contributed by atoms with E-state index in [2.05, 4.69) is 50.2 Å². The third kappa shape index (κ3) is 3.75. The Morgan fingerprint density at radius 3 is 2.30 bits per heavy atom. The maximum absolute atomic E-state index is 5.94. The van der Waals surface area contributed by atoms with E-state index in [1.54, 1.807) is 0 Å². The summed E-state index contributed by atoms with van der Waals surface area (Å²) in [5.41, 5.74) is 1.46. The minimum Gasteiger partial charge on any atom is -0.493 e. The van der Waals surface area contributed by atoms with Crippen molar-refractivity contribution in [1.82, 2.24) is 0 Å². The first-order valence-corrected chi connectivity index (χ1v) is 8.00. The summed E-state index contributed by atoms with van der Waals surface area (Å²) in [7, 11) is 0. The minimum atomic E-state index is 0.815. The maximum atomic E-state index is 5.94. The molecule has 0 saturated carbocycles. The van der Waals surface area contributed by atoms with Gasteiger partial charge in [-0.25, -0.2) is 0 Å². The molecule has 2 aromatic carbocycles. The van der Waals surface area contributed by atoms with Gasteiger partial charge in [-0.2, -0.15) is 0 Å². The van der Waals surface area contributed by atoms with Crippen LogP contribution in [0.25, 0.3) is 10.8 Å². The molecule has 0 aliphatic heterocycles. The first kappa shape index (κ1) is 14.9. The van der Waals surface area contributed by atoms with Gasteiger partial charge in [0.2, 0.25) is 0 Å². The van der Waals surface area contributed by atoms with Crippen molar-refractivity contribution >= 4 is 10.8 Å². The Morgan fingerprint density at radius 1 is 0.800 bits per heavy atom. The van der Waals surface area contributed by atoms with Gasteiger partial charge in [0.05, 0.1) is 6.61 Å². The molecule has 2 aromatic rings. The number of unbranched alkanes of at least 4 members (excludes halogenated alkanes) is 3. The van der Waals surface area contributed by atoms with E-state index in [1.807, 2.05) is 0 Å². The van der Waals surface area contributed by atoms with Crippen LogP contribution in [0, 0.1) is 0 Å². The summed E-state index contributed by atoms with van der Waals surface area (Å²) in [6.45, 7) is 5.26. The van der Waals surface area contributed by atoms with Gasteiger partial charge in [0, 0.05) is 5.39 Å². The van der Waals surface area contributed by atoms with Gasteiger partial charge >= 0.3 is 0 Å². The molecule has 0 atom stereocenters. The molecule has 0 aliphatic carbocycles. The SMILES string of the molecule is CCCCCc1ccc(OCCCC)c2ccccc12. The molecular formula is C19H26O. The zero-order valence-corrected chi connectivity index (χ0v) is 12.8. The van der Waals surface area contributed by atoms with Crippen LogP contribution in [0.15, 0.2) is 36.4 Å². The normalized spacial score (nSPS) is 10.9. The predicted molar refractivity (Wildman–Crippen MR) is 87.6 cm³/mol. The van der Waals surface area contributed by atoms with Gasteiger partial charge in [0.1, 0.15) is 5.75 Å². The van der Waals surface area contributed by atoms with E-state index in [0.717, 1.165) is 18.8 Å². The van der Waals surface area contributed by atoms with Crippen LogP contribution in [0.5, 0.6) is 5.75 Å². The first-order chi connectivity index (χ1) is 9.86. The van der Waals surface area contributed by atoms with Gasteiger partial charge in [0.25, 0.3) is 0 Å². The second-order valence-electron chi connectivity index (χ2n) is 5.43. The smallest absolute Gasteiger partial charge is 0.127 e. The number of ether oxygens (including phenoxy) is 1. The fourth-order valence-corrected chi connectivity index (χ4v) is 2.57. The van der Waals surface area contributed by atoms with Crippen LogP contribution >= 0.6 is 0 Å². The largest absolute Gasteiger partial charge is 0.493 e. The zero-order chi connectivity index (χ0) is 14.2. The van der Waals surface area contributed by atoms with E-state index in [1.165, 1.54) is 48.4 Å². The van der Waals surface area contributed by atoms with Crippen molar-refractivity contribution in [3.05, 3.63) is 42.0 Å². The highest BCUT2D eigenvalue weighted by molar-refractivity contribution is 5.91. The summed E-state index contributed by atoms with van der Waals surface area (Å²) < 4.78 is 5.94. The van der Waals surface area contributed by atoms with E-state index >= 15 is 0 Å². The van der Waals surface area contributed by atoms with Gasteiger partial charge < -0.3 is 4.74 Å². The lowest BCUT2D eigenvalue weighted by atomic mass is 9.99. The van der Waals surface area contributed by atoms with Crippen LogP contribution in [-0.2, 0) is 6.42 Å². The summed E-state index contributed by atoms with van der Waals surface area (Å²) in [6.07, 6.45) is 7.32. The number of fused-ring (bicyclic) bond motifs is 1. The number of hydrogen-bond acceptors (Lipinski definition) is 1. The lowest BCUT2D eigenvalue weighted by molar-refractivity contribution is 0.313. The van der Waals surface area contributed by atoms with Crippen LogP contribution < -0.4 is 4.74 Å². The summed E-state index contributed by atoms with van der Waals surface area (Å²) in [5.74, 6) is 1.04. The monoisotopic (exact) mass is 270 g/mol. The highest BCUT2D eigenvalue weighted by Gasteiger charge is 2.06. The van der Waals surface area contributed by atoms with Crippen molar-refractivity contribution < 1.29 is 4.74 Å². The van der Waals surface area contributed by atoms with Gasteiger partial charge in [-0.05, 0) is 36.3 Å². The van der Waals surface area contributed by atoms with Crippen molar-refractivity contribution in [2.75, 3.05) is 6.61 Å². The summed E-state index contributed by atoms with van der Waals surface area (Å²) in [4.78, 5) is 0. The Bertz CT molecular complexity index is 482. The maximum Gasteiger partial charge on any atom is 0.127 e. The Kier molecular flexibility index (Phi) is 5.91. The van der Waals surface area contributed by atoms with Gasteiger partial charge in [-0.15, -0.1) is 0 Å². The summed E-state index contributed by atoms with van der Waals surface area (Å²) >= 11 is 0. The average molecular weight is 270 g/mol. The number of benzene rings is 2. The van der Waals surface area contributed by atoms with Crippen molar-refractivity contribution in [2.45, 2.75) is 52.4 Å². The molecule has 0 amide bonds. The first-order valence-electron chi connectivity index (χ1n) is 8.00. The van der Waals surface area contributed by atoms with E-state index in [0.29, 0.717) is 0 Å². The highest BCUT2D eigenvalue weighted by atomic mass is 16.5. The molecule has 0 unspecified atom stereocenters. The quantitative estimate of drug-likeness (QED) is 0.555. The third-order valence-electron chi connectivity index (χ3n) is 3.78. The minimum absolute atomic E-state index is 0.815. The third-order valence-corrected chi connectivity index (χ3v) is 3.78. The zero-order valence-electron chi connectivity index (χ0n) is 12.8. The molecule has 0 saturated heterocycles. The lowest BCUT2D eigenvalue weighted by Crippen LogP contribution is -1.98. The van der Waals surface area contributed by atoms with Gasteiger partial charge in [-0.3, -0.25) is 0 Å². The molecule has 1 heteroatoms. The fraction of sp³-hybridized carbons (Fsp3) is 0.474. The van der Waals surface area contributed by atoms with Crippen LogP contribution in [0.3, 0.4) is 0 Å². The molecule has 0 radical (unpaired) electrons. The van der Waals surface area contributed by atoms with Gasteiger partial charge in [-0.1, -0.05) is 63.4 Å². The topological polar surface area (TPSA) is 9.23 Å². The molecule has 2 rings (SSSR count). The van der Waals surface area contributed by atoms with Crippen LogP contribution in [0.1, 0.15) is 51.5 Å². The molecule has 0 N–H and O–H groups in total. The molecule has 0 spiro atoms. The highest BCUT2D eigenvalue weighted by Crippen LogP contribution is 2.29. The molecule has 0 aromatic heterocycles. The van der Waals surface area contributed by atoms with E-state index < -0.39 is 0 Å². The van der Waals surface area contributed by atoms with Crippen molar-refractivity contribution in [3.63, 3.8) is 0 Å². The lowest BCUT2D eigenvalue weighted by Gasteiger charge is -2.12. The summed E-state index contributed by atoms with van der Waals surface area (Å²) in [5, 5.41) is 2.62. The molecule has 0 heterocycles. The Morgan fingerprint density at radius 2 is 1.55 bits per heavy atom. The van der Waals surface area contributed by atoms with Crippen LogP contribution in [-0.4, -0.2) is 6.61 Å². The summed E-state index contributed by atoms with van der Waals surface area (Å²) in [6, 6.07) is 13.0. The second-order valence-corrected chi connectivity index (χ2v) is 5.43. The van der Waals surface area contributed by atoms with Crippen molar-refractivity contribution in [3.8, 4) is 5.75 Å². The molecule has 20 heavy (non-hydrogen) atoms. The molecule has 0 bridgehead atoms. The standard InChI is InChI=1S/C19H26O/c1-3-5-7-10-16-13-14-19(20-15-6-4-2)18-12-9-8-11-17(16)18/h8-9,11-14H,3-7,10,15H2,1-2H3. The molecule has 1 nitrogen and oxygen atoms in total.